The molecule has 4 rings (SSSR count). The van der Waals surface area contributed by atoms with Gasteiger partial charge in [-0.05, 0) is 42.7 Å². The first-order chi connectivity index (χ1) is 11.2. The van der Waals surface area contributed by atoms with Gasteiger partial charge < -0.3 is 14.6 Å². The molecular weight excluding hydrogens is 288 g/mol. The van der Waals surface area contributed by atoms with Gasteiger partial charge in [-0.1, -0.05) is 24.3 Å². The number of nitrogens with zero attached hydrogens (tertiary/aromatic N) is 1. The van der Waals surface area contributed by atoms with Gasteiger partial charge in [0.25, 0.3) is 0 Å². The van der Waals surface area contributed by atoms with Crippen molar-refractivity contribution in [1.29, 1.82) is 0 Å². The van der Waals surface area contributed by atoms with Crippen molar-refractivity contribution in [3.63, 3.8) is 0 Å². The molecule has 4 nitrogen and oxygen atoms in total. The first-order valence-corrected chi connectivity index (χ1v) is 8.31. The molecule has 2 aliphatic carbocycles. The Kier molecular flexibility index (Phi) is 3.60. The minimum absolute atomic E-state index is 0.0696. The van der Waals surface area contributed by atoms with Crippen LogP contribution in [0, 0.1) is 17.8 Å². The van der Waals surface area contributed by atoms with Crippen molar-refractivity contribution < 1.29 is 9.53 Å². The number of methoxy groups -OCH3 is 1. The molecule has 1 aromatic carbocycles. The highest BCUT2D eigenvalue weighted by Gasteiger charge is 2.35. The third-order valence-corrected chi connectivity index (χ3v) is 5.26. The van der Waals surface area contributed by atoms with Crippen LogP contribution in [0.4, 0.5) is 0 Å². The molecular formula is C19H22N2O2. The maximum Gasteiger partial charge on any atom is 0.239 e. The number of nitrogens with one attached hydrogen (secondary N) is 1. The summed E-state index contributed by atoms with van der Waals surface area (Å²) >= 11 is 0. The lowest BCUT2D eigenvalue weighted by Gasteiger charge is -2.18. The number of rotatable bonds is 5. The second-order valence-electron chi connectivity index (χ2n) is 6.69. The maximum atomic E-state index is 12.3. The molecule has 1 heterocycles. The summed E-state index contributed by atoms with van der Waals surface area (Å²) in [7, 11) is 1.66. The van der Waals surface area contributed by atoms with E-state index in [0.717, 1.165) is 29.1 Å². The van der Waals surface area contributed by atoms with Crippen LogP contribution in [-0.2, 0) is 11.3 Å². The lowest BCUT2D eigenvalue weighted by molar-refractivity contribution is -0.121. The van der Waals surface area contributed by atoms with Crippen LogP contribution in [0.5, 0.6) is 5.75 Å². The summed E-state index contributed by atoms with van der Waals surface area (Å²) in [5, 5.41) is 4.21. The first-order valence-electron chi connectivity index (χ1n) is 8.31. The smallest absolute Gasteiger partial charge is 0.239 e. The van der Waals surface area contributed by atoms with E-state index >= 15 is 0 Å². The molecule has 0 radical (unpaired) electrons. The molecule has 1 N–H and O–H groups in total. The van der Waals surface area contributed by atoms with E-state index in [-0.39, 0.29) is 5.91 Å². The Morgan fingerprint density at radius 2 is 2.22 bits per heavy atom. The molecule has 2 bridgehead atoms. The standard InChI is InChI=1S/C19H22N2O2/c1-23-17-4-2-3-14-7-8-21(19(14)17)12-18(22)20-11-16-10-13-5-6-15(16)9-13/h2-8,13,15-16H,9-12H2,1H3,(H,20,22)/t13-,15+,16+/m1/s1. The van der Waals surface area contributed by atoms with E-state index in [1.54, 1.807) is 7.11 Å². The normalized spacial score (nSPS) is 25.2. The molecule has 0 unspecified atom stereocenters. The fourth-order valence-electron chi connectivity index (χ4n) is 4.11. The number of ether oxygens (including phenoxy) is 1. The molecule has 0 saturated heterocycles. The summed E-state index contributed by atoms with van der Waals surface area (Å²) in [5.41, 5.74) is 0.980. The lowest BCUT2D eigenvalue weighted by Crippen LogP contribution is -2.33. The highest BCUT2D eigenvalue weighted by Crippen LogP contribution is 2.42. The Morgan fingerprint density at radius 3 is 2.96 bits per heavy atom. The predicted molar refractivity (Wildman–Crippen MR) is 90.3 cm³/mol. The summed E-state index contributed by atoms with van der Waals surface area (Å²) in [6.45, 7) is 1.13. The monoisotopic (exact) mass is 310 g/mol. The van der Waals surface area contributed by atoms with Gasteiger partial charge in [-0.25, -0.2) is 0 Å². The van der Waals surface area contributed by atoms with Gasteiger partial charge in [-0.15, -0.1) is 0 Å². The number of fused-ring (bicyclic) bond motifs is 3. The Hall–Kier alpha value is -2.23. The zero-order valence-electron chi connectivity index (χ0n) is 13.4. The molecule has 1 saturated carbocycles. The van der Waals surface area contributed by atoms with Gasteiger partial charge in [0.15, 0.2) is 0 Å². The molecule has 120 valence electrons. The van der Waals surface area contributed by atoms with Crippen molar-refractivity contribution in [2.75, 3.05) is 13.7 Å². The van der Waals surface area contributed by atoms with Crippen molar-refractivity contribution in [3.05, 3.63) is 42.6 Å². The molecule has 1 amide bonds. The molecule has 2 aliphatic rings. The minimum Gasteiger partial charge on any atom is -0.495 e. The Bertz CT molecular complexity index is 762. The number of carbonyl (C=O) groups excluding carboxylic acids is 1. The van der Waals surface area contributed by atoms with Crippen LogP contribution in [0.15, 0.2) is 42.6 Å². The third kappa shape index (κ3) is 2.62. The van der Waals surface area contributed by atoms with Crippen molar-refractivity contribution >= 4 is 16.8 Å². The van der Waals surface area contributed by atoms with Gasteiger partial charge in [0.2, 0.25) is 5.91 Å². The Labute approximate surface area is 136 Å². The van der Waals surface area contributed by atoms with Gasteiger partial charge >= 0.3 is 0 Å². The molecule has 0 spiro atoms. The summed E-state index contributed by atoms with van der Waals surface area (Å²) < 4.78 is 7.39. The Balaban J connectivity index is 1.42. The molecule has 1 aromatic heterocycles. The molecule has 3 atom stereocenters. The van der Waals surface area contributed by atoms with E-state index in [0.29, 0.717) is 18.4 Å². The van der Waals surface area contributed by atoms with Crippen LogP contribution in [0.3, 0.4) is 0 Å². The highest BCUT2D eigenvalue weighted by atomic mass is 16.5. The molecule has 2 aromatic rings. The largest absolute Gasteiger partial charge is 0.495 e. The zero-order chi connectivity index (χ0) is 15.8. The number of hydrogen-bond acceptors (Lipinski definition) is 2. The van der Waals surface area contributed by atoms with E-state index < -0.39 is 0 Å². The number of benzene rings is 1. The van der Waals surface area contributed by atoms with Gasteiger partial charge in [0.05, 0.1) is 12.6 Å². The SMILES string of the molecule is COc1cccc2ccn(CC(=O)NC[C@@H]3C[C@@H]4C=C[C@H]3C4)c12. The fourth-order valence-corrected chi connectivity index (χ4v) is 4.11. The highest BCUT2D eigenvalue weighted by molar-refractivity contribution is 5.87. The van der Waals surface area contributed by atoms with Gasteiger partial charge in [-0.3, -0.25) is 4.79 Å². The number of carbonyl (C=O) groups is 1. The van der Waals surface area contributed by atoms with Gasteiger partial charge in [-0.2, -0.15) is 0 Å². The summed E-state index contributed by atoms with van der Waals surface area (Å²) in [6, 6.07) is 7.95. The maximum absolute atomic E-state index is 12.3. The van der Waals surface area contributed by atoms with E-state index in [1.807, 2.05) is 35.0 Å². The number of aromatic nitrogens is 1. The average molecular weight is 310 g/mol. The predicted octanol–water partition coefficient (Wildman–Crippen LogP) is 2.98. The van der Waals surface area contributed by atoms with Gasteiger partial charge in [0, 0.05) is 18.1 Å². The van der Waals surface area contributed by atoms with E-state index in [9.17, 15) is 4.79 Å². The third-order valence-electron chi connectivity index (χ3n) is 5.26. The van der Waals surface area contributed by atoms with Crippen molar-refractivity contribution in [2.45, 2.75) is 19.4 Å². The van der Waals surface area contributed by atoms with Crippen LogP contribution in [-0.4, -0.2) is 24.1 Å². The summed E-state index contributed by atoms with van der Waals surface area (Å²) in [6.07, 6.45) is 9.12. The number of hydrogen-bond donors (Lipinski definition) is 1. The number of amides is 1. The first kappa shape index (κ1) is 14.4. The molecule has 4 heteroatoms. The summed E-state index contributed by atoms with van der Waals surface area (Å²) in [5.74, 6) is 2.91. The average Bonchev–Trinajstić information content (AvgIpc) is 3.28. The van der Waals surface area contributed by atoms with Crippen molar-refractivity contribution in [2.24, 2.45) is 17.8 Å². The minimum atomic E-state index is 0.0696. The topological polar surface area (TPSA) is 43.3 Å². The van der Waals surface area contributed by atoms with Crippen LogP contribution in [0.2, 0.25) is 0 Å². The van der Waals surface area contributed by atoms with Crippen LogP contribution >= 0.6 is 0 Å². The molecule has 23 heavy (non-hydrogen) atoms. The molecule has 1 fully saturated rings. The fraction of sp³-hybridized carbons (Fsp3) is 0.421. The quantitative estimate of drug-likeness (QED) is 0.863. The number of para-hydroxylation sites is 1. The zero-order valence-corrected chi connectivity index (χ0v) is 13.4. The van der Waals surface area contributed by atoms with Crippen LogP contribution in [0.1, 0.15) is 12.8 Å². The van der Waals surface area contributed by atoms with E-state index in [2.05, 4.69) is 17.5 Å². The van der Waals surface area contributed by atoms with Crippen molar-refractivity contribution in [3.8, 4) is 5.75 Å². The van der Waals surface area contributed by atoms with Crippen LogP contribution < -0.4 is 10.1 Å². The lowest BCUT2D eigenvalue weighted by atomic mass is 9.94. The second kappa shape index (κ2) is 5.76. The Morgan fingerprint density at radius 1 is 1.30 bits per heavy atom. The second-order valence-corrected chi connectivity index (χ2v) is 6.69. The van der Waals surface area contributed by atoms with Gasteiger partial charge in [0.1, 0.15) is 12.3 Å². The van der Waals surface area contributed by atoms with Crippen molar-refractivity contribution in [1.82, 2.24) is 9.88 Å². The van der Waals surface area contributed by atoms with E-state index in [1.165, 1.54) is 12.8 Å². The van der Waals surface area contributed by atoms with E-state index in [4.69, 9.17) is 4.74 Å². The molecule has 0 aliphatic heterocycles. The van der Waals surface area contributed by atoms with Crippen LogP contribution in [0.25, 0.3) is 10.9 Å². The number of allylic oxidation sites excluding steroid dienone is 2. The summed E-state index contributed by atoms with van der Waals surface area (Å²) in [4.78, 5) is 12.3.